The van der Waals surface area contributed by atoms with E-state index in [1.54, 1.807) is 24.3 Å². The third-order valence-electron chi connectivity index (χ3n) is 4.79. The van der Waals surface area contributed by atoms with Crippen LogP contribution in [0.25, 0.3) is 11.4 Å². The number of tetrazole rings is 1. The molecule has 2 aromatic carbocycles. The molecule has 0 bridgehead atoms. The Bertz CT molecular complexity index is 1130. The second kappa shape index (κ2) is 9.33. The minimum Gasteiger partial charge on any atom is -0.379 e. The molecule has 4 rings (SSSR count). The molecule has 1 saturated heterocycles. The second-order valence-electron chi connectivity index (χ2n) is 6.95. The summed E-state index contributed by atoms with van der Waals surface area (Å²) in [6.45, 7) is 1.69. The van der Waals surface area contributed by atoms with Crippen molar-refractivity contribution in [2.24, 2.45) is 0 Å². The zero-order chi connectivity index (χ0) is 21.7. The molecular formula is C20H22N6O4S. The summed E-state index contributed by atoms with van der Waals surface area (Å²) in [6, 6.07) is 15.9. The second-order valence-corrected chi connectivity index (χ2v) is 8.88. The van der Waals surface area contributed by atoms with Crippen molar-refractivity contribution in [3.8, 4) is 11.4 Å². The number of amides is 1. The van der Waals surface area contributed by atoms with Crippen LogP contribution in [0.5, 0.6) is 0 Å². The van der Waals surface area contributed by atoms with Gasteiger partial charge in [-0.2, -0.15) is 9.10 Å². The molecule has 1 aromatic heterocycles. The minimum atomic E-state index is -3.53. The standard InChI is InChI=1S/C20H22N6O4S/c27-19(15-26-23-20(22-24-26)17-4-2-1-3-5-17)21-14-16-6-8-18(9-7-16)31(28,29)25-10-12-30-13-11-25/h1-9H,10-15H2,(H,21,27). The number of nitrogens with zero attached hydrogens (tertiary/aromatic N) is 5. The van der Waals surface area contributed by atoms with E-state index in [1.807, 2.05) is 30.3 Å². The molecule has 3 aromatic rings. The summed E-state index contributed by atoms with van der Waals surface area (Å²) < 4.78 is 31.9. The summed E-state index contributed by atoms with van der Waals surface area (Å²) in [5.74, 6) is 0.174. The van der Waals surface area contributed by atoms with E-state index >= 15 is 0 Å². The van der Waals surface area contributed by atoms with E-state index in [1.165, 1.54) is 9.10 Å². The Morgan fingerprint density at radius 1 is 1.03 bits per heavy atom. The molecule has 0 saturated carbocycles. The number of hydrogen-bond donors (Lipinski definition) is 1. The molecule has 2 heterocycles. The number of sulfonamides is 1. The highest BCUT2D eigenvalue weighted by Gasteiger charge is 2.26. The van der Waals surface area contributed by atoms with E-state index < -0.39 is 10.0 Å². The highest BCUT2D eigenvalue weighted by atomic mass is 32.2. The monoisotopic (exact) mass is 442 g/mol. The maximum atomic E-state index is 12.7. The van der Waals surface area contributed by atoms with Gasteiger partial charge in [-0.3, -0.25) is 4.79 Å². The molecule has 0 radical (unpaired) electrons. The van der Waals surface area contributed by atoms with Crippen LogP contribution in [0.2, 0.25) is 0 Å². The van der Waals surface area contributed by atoms with Gasteiger partial charge in [-0.1, -0.05) is 42.5 Å². The minimum absolute atomic E-state index is 0.0661. The fourth-order valence-electron chi connectivity index (χ4n) is 3.11. The highest BCUT2D eigenvalue weighted by molar-refractivity contribution is 7.89. The van der Waals surface area contributed by atoms with Crippen molar-refractivity contribution in [1.29, 1.82) is 0 Å². The summed E-state index contributed by atoms with van der Waals surface area (Å²) in [6.07, 6.45) is 0. The van der Waals surface area contributed by atoms with Gasteiger partial charge in [-0.25, -0.2) is 8.42 Å². The van der Waals surface area contributed by atoms with Crippen LogP contribution in [0, 0.1) is 0 Å². The zero-order valence-electron chi connectivity index (χ0n) is 16.7. The Morgan fingerprint density at radius 3 is 2.45 bits per heavy atom. The lowest BCUT2D eigenvalue weighted by molar-refractivity contribution is -0.122. The van der Waals surface area contributed by atoms with Crippen LogP contribution in [0.3, 0.4) is 0 Å². The van der Waals surface area contributed by atoms with E-state index in [-0.39, 0.29) is 23.9 Å². The molecule has 0 atom stereocenters. The first kappa shape index (κ1) is 21.1. The Labute approximate surface area is 179 Å². The van der Waals surface area contributed by atoms with E-state index in [0.29, 0.717) is 32.1 Å². The highest BCUT2D eigenvalue weighted by Crippen LogP contribution is 2.17. The maximum absolute atomic E-state index is 12.7. The number of aromatic nitrogens is 4. The number of nitrogens with one attached hydrogen (secondary N) is 1. The summed E-state index contributed by atoms with van der Waals surface area (Å²) in [7, 11) is -3.53. The fraction of sp³-hybridized carbons (Fsp3) is 0.300. The van der Waals surface area contributed by atoms with Crippen molar-refractivity contribution in [3.05, 3.63) is 60.2 Å². The molecule has 0 aliphatic carbocycles. The van der Waals surface area contributed by atoms with Crippen molar-refractivity contribution in [1.82, 2.24) is 29.8 Å². The predicted molar refractivity (Wildman–Crippen MR) is 111 cm³/mol. The number of carbonyl (C=O) groups excluding carboxylic acids is 1. The zero-order valence-corrected chi connectivity index (χ0v) is 17.5. The number of hydrogen-bond acceptors (Lipinski definition) is 7. The van der Waals surface area contributed by atoms with Gasteiger partial charge in [0.1, 0.15) is 6.54 Å². The Hall–Kier alpha value is -3.15. The molecule has 1 N–H and O–H groups in total. The molecule has 0 spiro atoms. The van der Waals surface area contributed by atoms with E-state index in [0.717, 1.165) is 11.1 Å². The lowest BCUT2D eigenvalue weighted by Crippen LogP contribution is -2.40. The lowest BCUT2D eigenvalue weighted by Gasteiger charge is -2.26. The van der Waals surface area contributed by atoms with Crippen LogP contribution >= 0.6 is 0 Å². The van der Waals surface area contributed by atoms with Crippen LogP contribution < -0.4 is 5.32 Å². The summed E-state index contributed by atoms with van der Waals surface area (Å²) in [4.78, 5) is 13.7. The number of carbonyl (C=O) groups is 1. The molecule has 10 nitrogen and oxygen atoms in total. The van der Waals surface area contributed by atoms with Gasteiger partial charge in [0.25, 0.3) is 0 Å². The number of ether oxygens (including phenoxy) is 1. The van der Waals surface area contributed by atoms with Gasteiger partial charge in [0.2, 0.25) is 21.8 Å². The molecule has 1 fully saturated rings. The topological polar surface area (TPSA) is 119 Å². The van der Waals surface area contributed by atoms with Gasteiger partial charge in [0.05, 0.1) is 18.1 Å². The first-order valence-corrected chi connectivity index (χ1v) is 11.2. The first-order chi connectivity index (χ1) is 15.0. The van der Waals surface area contributed by atoms with Gasteiger partial charge in [0.15, 0.2) is 0 Å². The Kier molecular flexibility index (Phi) is 6.35. The van der Waals surface area contributed by atoms with Crippen LogP contribution in [-0.4, -0.2) is 65.1 Å². The van der Waals surface area contributed by atoms with Crippen LogP contribution in [0.15, 0.2) is 59.5 Å². The normalized spacial score (nSPS) is 15.0. The van der Waals surface area contributed by atoms with E-state index in [4.69, 9.17) is 4.74 Å². The van der Waals surface area contributed by atoms with Crippen molar-refractivity contribution >= 4 is 15.9 Å². The van der Waals surface area contributed by atoms with Gasteiger partial charge in [-0.05, 0) is 22.9 Å². The number of benzene rings is 2. The van der Waals surface area contributed by atoms with Gasteiger partial charge in [0, 0.05) is 25.2 Å². The molecule has 0 unspecified atom stereocenters. The molecule has 1 aliphatic heterocycles. The summed E-state index contributed by atoms with van der Waals surface area (Å²) >= 11 is 0. The molecule has 1 amide bonds. The smallest absolute Gasteiger partial charge is 0.243 e. The lowest BCUT2D eigenvalue weighted by atomic mass is 10.2. The van der Waals surface area contributed by atoms with E-state index in [9.17, 15) is 13.2 Å². The van der Waals surface area contributed by atoms with Crippen LogP contribution in [-0.2, 0) is 32.6 Å². The van der Waals surface area contributed by atoms with Gasteiger partial charge in [-0.15, -0.1) is 10.2 Å². The molecule has 11 heteroatoms. The predicted octanol–water partition coefficient (Wildman–Crippen LogP) is 0.677. The van der Waals surface area contributed by atoms with Crippen LogP contribution in [0.4, 0.5) is 0 Å². The van der Waals surface area contributed by atoms with Gasteiger partial charge >= 0.3 is 0 Å². The fourth-order valence-corrected chi connectivity index (χ4v) is 4.52. The maximum Gasteiger partial charge on any atom is 0.243 e. The number of rotatable bonds is 7. The van der Waals surface area contributed by atoms with Crippen molar-refractivity contribution in [2.75, 3.05) is 26.3 Å². The van der Waals surface area contributed by atoms with Gasteiger partial charge < -0.3 is 10.1 Å². The van der Waals surface area contributed by atoms with Crippen LogP contribution in [0.1, 0.15) is 5.56 Å². The van der Waals surface area contributed by atoms with E-state index in [2.05, 4.69) is 20.7 Å². The van der Waals surface area contributed by atoms with Crippen molar-refractivity contribution in [3.63, 3.8) is 0 Å². The third-order valence-corrected chi connectivity index (χ3v) is 6.70. The molecule has 1 aliphatic rings. The molecule has 162 valence electrons. The molecular weight excluding hydrogens is 420 g/mol. The number of morpholine rings is 1. The SMILES string of the molecule is O=C(Cn1nnc(-c2ccccc2)n1)NCc1ccc(S(=O)(=O)N2CCOCC2)cc1. The Morgan fingerprint density at radius 2 is 1.74 bits per heavy atom. The third kappa shape index (κ3) is 5.13. The molecule has 31 heavy (non-hydrogen) atoms. The largest absolute Gasteiger partial charge is 0.379 e. The van der Waals surface area contributed by atoms with Crippen molar-refractivity contribution in [2.45, 2.75) is 18.0 Å². The average molecular weight is 443 g/mol. The summed E-state index contributed by atoms with van der Waals surface area (Å²) in [5, 5.41) is 14.9. The average Bonchev–Trinajstić information content (AvgIpc) is 3.27. The summed E-state index contributed by atoms with van der Waals surface area (Å²) in [5.41, 5.74) is 1.60. The Balaban J connectivity index is 1.31. The first-order valence-electron chi connectivity index (χ1n) is 9.79. The quantitative estimate of drug-likeness (QED) is 0.571. The van der Waals surface area contributed by atoms with Crippen molar-refractivity contribution < 1.29 is 17.9 Å².